The van der Waals surface area contributed by atoms with E-state index in [1.54, 1.807) is 12.1 Å². The van der Waals surface area contributed by atoms with Gasteiger partial charge in [-0.1, -0.05) is 0 Å². The molecule has 0 bridgehead atoms. The second-order valence-electron chi connectivity index (χ2n) is 3.75. The van der Waals surface area contributed by atoms with E-state index >= 15 is 0 Å². The average Bonchev–Trinajstić information content (AvgIpc) is 2.42. The van der Waals surface area contributed by atoms with E-state index in [4.69, 9.17) is 19.3 Å². The minimum Gasteiger partial charge on any atom is -0.493 e. The van der Waals surface area contributed by atoms with Crippen molar-refractivity contribution in [2.24, 2.45) is 0 Å². The van der Waals surface area contributed by atoms with Crippen LogP contribution < -0.4 is 9.47 Å². The third-order valence-electron chi connectivity index (χ3n) is 2.35. The summed E-state index contributed by atoms with van der Waals surface area (Å²) in [5, 5.41) is 8.62. The van der Waals surface area contributed by atoms with Gasteiger partial charge in [-0.15, -0.1) is 0 Å². The molecular formula is C14H17BrO5. The Balaban J connectivity index is 2.87. The Bertz CT molecular complexity index is 485. The lowest BCUT2D eigenvalue weighted by molar-refractivity contribution is -0.131. The maximum Gasteiger partial charge on any atom is 0.328 e. The van der Waals surface area contributed by atoms with Crippen molar-refractivity contribution in [1.82, 2.24) is 0 Å². The summed E-state index contributed by atoms with van der Waals surface area (Å²) in [6, 6.07) is 3.47. The van der Waals surface area contributed by atoms with Crippen molar-refractivity contribution in [2.75, 3.05) is 26.9 Å². The third kappa shape index (κ3) is 5.22. The van der Waals surface area contributed by atoms with Crippen LogP contribution in [0.2, 0.25) is 0 Å². The maximum absolute atomic E-state index is 10.5. The molecule has 0 aliphatic carbocycles. The molecule has 0 amide bonds. The predicted octanol–water partition coefficient (Wildman–Crippen LogP) is 2.97. The molecule has 1 N–H and O–H groups in total. The minimum absolute atomic E-state index is 0.410. The van der Waals surface area contributed by atoms with E-state index in [9.17, 15) is 4.79 Å². The summed E-state index contributed by atoms with van der Waals surface area (Å²) in [5.74, 6) is 0.0951. The lowest BCUT2D eigenvalue weighted by Gasteiger charge is -2.13. The summed E-state index contributed by atoms with van der Waals surface area (Å²) in [6.45, 7) is 3.46. The van der Waals surface area contributed by atoms with Crippen LogP contribution in [0, 0.1) is 0 Å². The summed E-state index contributed by atoms with van der Waals surface area (Å²) >= 11 is 3.39. The Labute approximate surface area is 126 Å². The smallest absolute Gasteiger partial charge is 0.328 e. The van der Waals surface area contributed by atoms with Gasteiger partial charge < -0.3 is 19.3 Å². The lowest BCUT2D eigenvalue weighted by Crippen LogP contribution is -2.07. The molecule has 1 aromatic rings. The molecule has 0 fully saturated rings. The fraction of sp³-hybridized carbons (Fsp3) is 0.357. The molecule has 0 saturated carbocycles. The van der Waals surface area contributed by atoms with Crippen LogP contribution in [0.25, 0.3) is 6.08 Å². The molecule has 0 aliphatic heterocycles. The van der Waals surface area contributed by atoms with Crippen LogP contribution in [-0.2, 0) is 9.53 Å². The highest BCUT2D eigenvalue weighted by Crippen LogP contribution is 2.37. The number of hydrogen-bond acceptors (Lipinski definition) is 4. The summed E-state index contributed by atoms with van der Waals surface area (Å²) < 4.78 is 16.8. The number of ether oxygens (including phenoxy) is 3. The number of carboxylic acid groups (broad SMARTS) is 1. The van der Waals surface area contributed by atoms with E-state index in [2.05, 4.69) is 15.9 Å². The zero-order valence-electron chi connectivity index (χ0n) is 11.4. The molecule has 0 radical (unpaired) electrons. The van der Waals surface area contributed by atoms with Gasteiger partial charge in [-0.05, 0) is 46.6 Å². The first kappa shape index (κ1) is 16.5. The highest BCUT2D eigenvalue weighted by atomic mass is 79.9. The molecule has 0 unspecified atom stereocenters. The van der Waals surface area contributed by atoms with Crippen molar-refractivity contribution in [3.8, 4) is 11.5 Å². The van der Waals surface area contributed by atoms with Gasteiger partial charge >= 0.3 is 5.97 Å². The average molecular weight is 345 g/mol. The summed E-state index contributed by atoms with van der Waals surface area (Å²) in [5.41, 5.74) is 0.702. The van der Waals surface area contributed by atoms with Gasteiger partial charge in [-0.25, -0.2) is 4.79 Å². The zero-order valence-corrected chi connectivity index (χ0v) is 13.0. The van der Waals surface area contributed by atoms with Gasteiger partial charge in [-0.3, -0.25) is 0 Å². The second kappa shape index (κ2) is 8.60. The van der Waals surface area contributed by atoms with E-state index in [1.807, 2.05) is 6.92 Å². The molecule has 5 nitrogen and oxygen atoms in total. The Morgan fingerprint density at radius 2 is 2.15 bits per heavy atom. The summed E-state index contributed by atoms with van der Waals surface area (Å²) in [7, 11) is 1.53. The highest BCUT2D eigenvalue weighted by Gasteiger charge is 2.11. The Kier molecular flexibility index (Phi) is 7.11. The van der Waals surface area contributed by atoms with Crippen molar-refractivity contribution < 1.29 is 24.1 Å². The maximum atomic E-state index is 10.5. The van der Waals surface area contributed by atoms with Gasteiger partial charge in [-0.2, -0.15) is 0 Å². The van der Waals surface area contributed by atoms with Crippen molar-refractivity contribution in [3.05, 3.63) is 28.2 Å². The van der Waals surface area contributed by atoms with Gasteiger partial charge in [0.1, 0.15) is 6.61 Å². The van der Waals surface area contributed by atoms with Crippen molar-refractivity contribution in [2.45, 2.75) is 6.92 Å². The molecule has 6 heteroatoms. The fourth-order valence-electron chi connectivity index (χ4n) is 1.49. The number of carboxylic acids is 1. The highest BCUT2D eigenvalue weighted by molar-refractivity contribution is 9.10. The number of carbonyl (C=O) groups is 1. The SMILES string of the molecule is CCOCCOc1c(Br)cc(C=CC(=O)O)cc1OC. The number of hydrogen-bond donors (Lipinski definition) is 1. The first-order valence-corrected chi connectivity index (χ1v) is 6.86. The zero-order chi connectivity index (χ0) is 15.0. The van der Waals surface area contributed by atoms with Gasteiger partial charge in [0.2, 0.25) is 0 Å². The number of benzene rings is 1. The Morgan fingerprint density at radius 1 is 1.40 bits per heavy atom. The minimum atomic E-state index is -1.00. The van der Waals surface area contributed by atoms with Crippen LogP contribution in [0.3, 0.4) is 0 Å². The summed E-state index contributed by atoms with van der Waals surface area (Å²) in [6.07, 6.45) is 2.55. The largest absolute Gasteiger partial charge is 0.493 e. The molecule has 0 spiro atoms. The molecule has 0 saturated heterocycles. The summed E-state index contributed by atoms with van der Waals surface area (Å²) in [4.78, 5) is 10.5. The van der Waals surface area contributed by atoms with Crippen molar-refractivity contribution in [3.63, 3.8) is 0 Å². The molecular weight excluding hydrogens is 328 g/mol. The first-order valence-electron chi connectivity index (χ1n) is 6.07. The standard InChI is InChI=1S/C14H17BrO5/c1-3-19-6-7-20-14-11(15)8-10(4-5-13(16)17)9-12(14)18-2/h4-5,8-9H,3,6-7H2,1-2H3,(H,16,17). The van der Waals surface area contributed by atoms with Gasteiger partial charge in [0.15, 0.2) is 11.5 Å². The Morgan fingerprint density at radius 3 is 2.75 bits per heavy atom. The number of rotatable bonds is 8. The molecule has 1 rings (SSSR count). The van der Waals surface area contributed by atoms with E-state index in [0.29, 0.717) is 41.4 Å². The van der Waals surface area contributed by atoms with E-state index in [-0.39, 0.29) is 0 Å². The topological polar surface area (TPSA) is 65.0 Å². The number of halogens is 1. The molecule has 1 aromatic carbocycles. The van der Waals surface area contributed by atoms with Crippen molar-refractivity contribution in [1.29, 1.82) is 0 Å². The molecule has 0 aliphatic rings. The number of methoxy groups -OCH3 is 1. The Hall–Kier alpha value is -1.53. The normalized spacial score (nSPS) is 10.8. The number of aliphatic carboxylic acids is 1. The van der Waals surface area contributed by atoms with Crippen LogP contribution in [0.15, 0.2) is 22.7 Å². The van der Waals surface area contributed by atoms with Gasteiger partial charge in [0.25, 0.3) is 0 Å². The molecule has 0 atom stereocenters. The van der Waals surface area contributed by atoms with Crippen molar-refractivity contribution >= 4 is 28.0 Å². The van der Waals surface area contributed by atoms with Crippen LogP contribution in [0.4, 0.5) is 0 Å². The van der Waals surface area contributed by atoms with Crippen LogP contribution in [0.5, 0.6) is 11.5 Å². The van der Waals surface area contributed by atoms with Crippen LogP contribution in [0.1, 0.15) is 12.5 Å². The fourth-order valence-corrected chi connectivity index (χ4v) is 2.06. The quantitative estimate of drug-likeness (QED) is 0.580. The van der Waals surface area contributed by atoms with Crippen LogP contribution >= 0.6 is 15.9 Å². The van der Waals surface area contributed by atoms with E-state index < -0.39 is 5.97 Å². The molecule has 0 aromatic heterocycles. The lowest BCUT2D eigenvalue weighted by atomic mass is 10.2. The van der Waals surface area contributed by atoms with Gasteiger partial charge in [0.05, 0.1) is 18.2 Å². The second-order valence-corrected chi connectivity index (χ2v) is 4.61. The molecule has 110 valence electrons. The third-order valence-corrected chi connectivity index (χ3v) is 2.94. The monoisotopic (exact) mass is 344 g/mol. The van der Waals surface area contributed by atoms with Crippen LogP contribution in [-0.4, -0.2) is 38.0 Å². The first-order chi connectivity index (χ1) is 9.58. The predicted molar refractivity (Wildman–Crippen MR) is 79.4 cm³/mol. The van der Waals surface area contributed by atoms with E-state index in [1.165, 1.54) is 13.2 Å². The molecule has 20 heavy (non-hydrogen) atoms. The van der Waals surface area contributed by atoms with E-state index in [0.717, 1.165) is 6.08 Å². The van der Waals surface area contributed by atoms with Gasteiger partial charge in [0, 0.05) is 12.7 Å². The molecule has 0 heterocycles.